The standard InChI is InChI=1S/C20H22ClN5/c21-19-10-8-18(9-11-19)14-24-26-20(22)25-23-13-17-6-4-16(5-7-17)12-15-2-1-3-15/h4-11,13-15H,1-3,12H2,(H3,22,25,26)/b23-13+,24-14+. The summed E-state index contributed by atoms with van der Waals surface area (Å²) in [6, 6.07) is 15.7. The Hall–Kier alpha value is -2.66. The first-order valence-corrected chi connectivity index (χ1v) is 9.08. The Balaban J connectivity index is 1.41. The van der Waals surface area contributed by atoms with E-state index in [2.05, 4.69) is 45.3 Å². The minimum atomic E-state index is -0.00642. The molecule has 0 heterocycles. The first-order chi connectivity index (χ1) is 12.7. The first kappa shape index (κ1) is 18.1. The number of halogens is 1. The number of hydrogen-bond donors (Lipinski definition) is 3. The number of nitrogens with one attached hydrogen (secondary N) is 3. The van der Waals surface area contributed by atoms with Gasteiger partial charge in [-0.1, -0.05) is 67.3 Å². The van der Waals surface area contributed by atoms with Crippen LogP contribution in [0.25, 0.3) is 0 Å². The van der Waals surface area contributed by atoms with Gasteiger partial charge in [-0.2, -0.15) is 10.2 Å². The molecule has 0 saturated heterocycles. The summed E-state index contributed by atoms with van der Waals surface area (Å²) in [5.41, 5.74) is 8.43. The lowest BCUT2D eigenvalue weighted by Gasteiger charge is -2.25. The van der Waals surface area contributed by atoms with Crippen molar-refractivity contribution in [2.24, 2.45) is 16.1 Å². The zero-order valence-electron chi connectivity index (χ0n) is 14.5. The summed E-state index contributed by atoms with van der Waals surface area (Å²) in [5, 5.41) is 16.4. The summed E-state index contributed by atoms with van der Waals surface area (Å²) in [6.07, 6.45) is 8.58. The van der Waals surface area contributed by atoms with Crippen molar-refractivity contribution in [3.05, 3.63) is 70.2 Å². The Morgan fingerprint density at radius 1 is 0.962 bits per heavy atom. The summed E-state index contributed by atoms with van der Waals surface area (Å²) in [5.74, 6) is 0.865. The van der Waals surface area contributed by atoms with Gasteiger partial charge in [0.1, 0.15) is 0 Å². The van der Waals surface area contributed by atoms with Crippen LogP contribution in [0, 0.1) is 11.3 Å². The van der Waals surface area contributed by atoms with E-state index in [4.69, 9.17) is 17.0 Å². The van der Waals surface area contributed by atoms with E-state index in [9.17, 15) is 0 Å². The van der Waals surface area contributed by atoms with E-state index in [1.807, 2.05) is 12.1 Å². The van der Waals surface area contributed by atoms with Crippen molar-refractivity contribution < 1.29 is 0 Å². The Bertz CT molecular complexity index is 777. The number of rotatable bonds is 6. The number of hydrazone groups is 2. The second-order valence-electron chi connectivity index (χ2n) is 6.41. The van der Waals surface area contributed by atoms with Gasteiger partial charge in [0.15, 0.2) is 0 Å². The highest BCUT2D eigenvalue weighted by atomic mass is 35.5. The van der Waals surface area contributed by atoms with Crippen molar-refractivity contribution in [3.8, 4) is 0 Å². The lowest BCUT2D eigenvalue weighted by molar-refractivity contribution is 0.314. The van der Waals surface area contributed by atoms with Crippen LogP contribution in [0.1, 0.15) is 36.0 Å². The van der Waals surface area contributed by atoms with Crippen molar-refractivity contribution in [1.82, 2.24) is 10.9 Å². The molecule has 134 valence electrons. The Morgan fingerprint density at radius 2 is 1.50 bits per heavy atom. The minimum Gasteiger partial charge on any atom is -0.266 e. The number of guanidine groups is 1. The van der Waals surface area contributed by atoms with Gasteiger partial charge in [-0.05, 0) is 41.2 Å². The summed E-state index contributed by atoms with van der Waals surface area (Å²) in [6.45, 7) is 0. The smallest absolute Gasteiger partial charge is 0.230 e. The maximum Gasteiger partial charge on any atom is 0.230 e. The van der Waals surface area contributed by atoms with Crippen LogP contribution >= 0.6 is 11.6 Å². The average molecular weight is 368 g/mol. The van der Waals surface area contributed by atoms with E-state index in [0.717, 1.165) is 17.0 Å². The van der Waals surface area contributed by atoms with Crippen LogP contribution in [0.5, 0.6) is 0 Å². The molecule has 1 saturated carbocycles. The fourth-order valence-electron chi connectivity index (χ4n) is 2.69. The van der Waals surface area contributed by atoms with Crippen molar-refractivity contribution in [2.75, 3.05) is 0 Å². The van der Waals surface area contributed by atoms with Crippen LogP contribution in [0.2, 0.25) is 5.02 Å². The van der Waals surface area contributed by atoms with Gasteiger partial charge in [-0.15, -0.1) is 0 Å². The van der Waals surface area contributed by atoms with Crippen LogP contribution in [-0.2, 0) is 6.42 Å². The highest BCUT2D eigenvalue weighted by Crippen LogP contribution is 2.29. The van der Waals surface area contributed by atoms with Gasteiger partial charge in [0.05, 0.1) is 12.4 Å². The molecule has 2 aromatic carbocycles. The van der Waals surface area contributed by atoms with Gasteiger partial charge < -0.3 is 0 Å². The lowest BCUT2D eigenvalue weighted by atomic mass is 9.81. The third kappa shape index (κ3) is 5.70. The van der Waals surface area contributed by atoms with E-state index < -0.39 is 0 Å². The fraction of sp³-hybridized carbons (Fsp3) is 0.250. The van der Waals surface area contributed by atoms with Crippen molar-refractivity contribution >= 4 is 30.0 Å². The molecule has 6 heteroatoms. The number of hydrogen-bond acceptors (Lipinski definition) is 3. The predicted octanol–water partition coefficient (Wildman–Crippen LogP) is 4.16. The van der Waals surface area contributed by atoms with Crippen molar-refractivity contribution in [2.45, 2.75) is 25.7 Å². The van der Waals surface area contributed by atoms with Gasteiger partial charge in [-0.3, -0.25) is 5.41 Å². The lowest BCUT2D eigenvalue weighted by Crippen LogP contribution is -2.29. The maximum absolute atomic E-state index is 7.72. The van der Waals surface area contributed by atoms with Gasteiger partial charge in [0, 0.05) is 5.02 Å². The highest BCUT2D eigenvalue weighted by Gasteiger charge is 2.17. The molecular weight excluding hydrogens is 346 g/mol. The SMILES string of the molecule is N=C(N/N=C/c1ccc(Cl)cc1)N/N=C/c1ccc(CC2CCC2)cc1. The first-order valence-electron chi connectivity index (χ1n) is 8.70. The highest BCUT2D eigenvalue weighted by molar-refractivity contribution is 6.30. The zero-order chi connectivity index (χ0) is 18.2. The molecule has 26 heavy (non-hydrogen) atoms. The molecule has 1 fully saturated rings. The average Bonchev–Trinajstić information content (AvgIpc) is 2.61. The third-order valence-corrected chi connectivity index (χ3v) is 4.63. The third-order valence-electron chi connectivity index (χ3n) is 4.38. The Morgan fingerprint density at radius 3 is 2.00 bits per heavy atom. The molecule has 0 atom stereocenters. The largest absolute Gasteiger partial charge is 0.266 e. The maximum atomic E-state index is 7.72. The second kappa shape index (κ2) is 9.15. The molecule has 0 aromatic heterocycles. The molecular formula is C20H22ClN5. The fourth-order valence-corrected chi connectivity index (χ4v) is 2.81. The molecule has 3 rings (SSSR count). The molecule has 0 unspecified atom stereocenters. The summed E-state index contributed by atoms with van der Waals surface area (Å²) in [7, 11) is 0. The predicted molar refractivity (Wildman–Crippen MR) is 108 cm³/mol. The van der Waals surface area contributed by atoms with Crippen LogP contribution < -0.4 is 10.9 Å². The topological polar surface area (TPSA) is 72.6 Å². The van der Waals surface area contributed by atoms with Crippen LogP contribution in [0.4, 0.5) is 0 Å². The van der Waals surface area contributed by atoms with E-state index in [1.165, 1.54) is 31.2 Å². The van der Waals surface area contributed by atoms with Crippen molar-refractivity contribution in [1.29, 1.82) is 5.41 Å². The molecule has 0 radical (unpaired) electrons. The molecule has 3 N–H and O–H groups in total. The van der Waals surface area contributed by atoms with Gasteiger partial charge >= 0.3 is 0 Å². The Labute approximate surface area is 158 Å². The molecule has 0 amide bonds. The number of nitrogens with zero attached hydrogens (tertiary/aromatic N) is 2. The zero-order valence-corrected chi connectivity index (χ0v) is 15.2. The van der Waals surface area contributed by atoms with Gasteiger partial charge in [0.25, 0.3) is 0 Å². The van der Waals surface area contributed by atoms with Crippen LogP contribution in [-0.4, -0.2) is 18.4 Å². The second-order valence-corrected chi connectivity index (χ2v) is 6.85. The molecule has 0 spiro atoms. The molecule has 5 nitrogen and oxygen atoms in total. The Kier molecular flexibility index (Phi) is 6.39. The van der Waals surface area contributed by atoms with Crippen LogP contribution in [0.3, 0.4) is 0 Å². The van der Waals surface area contributed by atoms with Gasteiger partial charge in [0.2, 0.25) is 5.96 Å². The summed E-state index contributed by atoms with van der Waals surface area (Å²) in [4.78, 5) is 0. The molecule has 0 aliphatic heterocycles. The van der Waals surface area contributed by atoms with E-state index in [0.29, 0.717) is 5.02 Å². The summed E-state index contributed by atoms with van der Waals surface area (Å²) >= 11 is 5.82. The molecule has 1 aliphatic rings. The normalized spacial score (nSPS) is 14.5. The minimum absolute atomic E-state index is 0.00642. The van der Waals surface area contributed by atoms with E-state index in [1.54, 1.807) is 24.6 Å². The van der Waals surface area contributed by atoms with Gasteiger partial charge in [-0.25, -0.2) is 10.9 Å². The van der Waals surface area contributed by atoms with Crippen LogP contribution in [0.15, 0.2) is 58.7 Å². The monoisotopic (exact) mass is 367 g/mol. The van der Waals surface area contributed by atoms with E-state index >= 15 is 0 Å². The molecule has 2 aromatic rings. The summed E-state index contributed by atoms with van der Waals surface area (Å²) < 4.78 is 0. The number of benzene rings is 2. The molecule has 1 aliphatic carbocycles. The van der Waals surface area contributed by atoms with E-state index in [-0.39, 0.29) is 5.96 Å². The quantitative estimate of drug-likeness (QED) is 0.407. The van der Waals surface area contributed by atoms with Crippen molar-refractivity contribution in [3.63, 3.8) is 0 Å². The molecule has 0 bridgehead atoms.